The van der Waals surface area contributed by atoms with Crippen molar-refractivity contribution in [2.75, 3.05) is 42.5 Å². The molecule has 20 nitrogen and oxygen atoms in total. The summed E-state index contributed by atoms with van der Waals surface area (Å²) in [5.74, 6) is -1.83. The predicted octanol–water partition coefficient (Wildman–Crippen LogP) is 13.4. The third-order valence-corrected chi connectivity index (χ3v) is 13.3. The van der Waals surface area contributed by atoms with Gasteiger partial charge >= 0.3 is 24.1 Å². The van der Waals surface area contributed by atoms with Gasteiger partial charge in [-0.3, -0.25) is 19.2 Å². The summed E-state index contributed by atoms with van der Waals surface area (Å²) in [7, 11) is 0. The minimum atomic E-state index is -0.791. The SMILES string of the molecule is CCCCC[C@@H](C)NC(=O)c1cc2cc(c1)NC(=O)Nc1cc(cc(C(=O)N[C@H](C)CCCCC)c1)NC(=O)Nc1cc(cc(C(=O)N[C@@H](C)CCCCC)c1)NC(=O)Nc1cc(cc(C(=O)N[C@H](C)CCCCC)c1)NC(=O)N2. The predicted molar refractivity (Wildman–Crippen MR) is 321 cm³/mol. The molecule has 0 saturated heterocycles. The summed E-state index contributed by atoms with van der Waals surface area (Å²) in [6.45, 7) is 16.0. The number of nitrogens with one attached hydrogen (secondary N) is 12. The minimum absolute atomic E-state index is 0.108. The van der Waals surface area contributed by atoms with Crippen LogP contribution in [-0.2, 0) is 0 Å². The number of benzene rings is 4. The normalized spacial score (nSPS) is 14.2. The van der Waals surface area contributed by atoms with Crippen LogP contribution in [0, 0.1) is 0 Å². The van der Waals surface area contributed by atoms with Crippen LogP contribution in [0.25, 0.3) is 0 Å². The number of unbranched alkanes of at least 4 members (excludes halogenated alkanes) is 8. The van der Waals surface area contributed by atoms with Gasteiger partial charge in [0.15, 0.2) is 0 Å². The summed E-state index contributed by atoms with van der Waals surface area (Å²) in [6.07, 6.45) is 14.6. The molecule has 80 heavy (non-hydrogen) atoms. The van der Waals surface area contributed by atoms with Crippen molar-refractivity contribution < 1.29 is 38.4 Å². The number of fused-ring (bicyclic) bond motifs is 8. The van der Waals surface area contributed by atoms with Crippen molar-refractivity contribution >= 4 is 93.3 Å². The van der Waals surface area contributed by atoms with Crippen molar-refractivity contribution in [3.8, 4) is 0 Å². The Morgan fingerprint density at radius 2 is 0.463 bits per heavy atom. The van der Waals surface area contributed by atoms with E-state index in [1.165, 1.54) is 72.8 Å². The zero-order valence-electron chi connectivity index (χ0n) is 47.8. The number of rotatable bonds is 24. The summed E-state index contributed by atoms with van der Waals surface area (Å²) in [4.78, 5) is 111. The molecule has 0 saturated carbocycles. The molecule has 5 rings (SSSR count). The van der Waals surface area contributed by atoms with Gasteiger partial charge in [0.2, 0.25) is 0 Å². The highest BCUT2D eigenvalue weighted by Crippen LogP contribution is 2.27. The van der Waals surface area contributed by atoms with Crippen LogP contribution in [0.5, 0.6) is 0 Å². The molecular formula is C60H84N12O8. The highest BCUT2D eigenvalue weighted by molar-refractivity contribution is 6.09. The monoisotopic (exact) mass is 1100 g/mol. The second-order valence-corrected chi connectivity index (χ2v) is 21.0. The lowest BCUT2D eigenvalue weighted by atomic mass is 10.1. The first-order chi connectivity index (χ1) is 38.3. The van der Waals surface area contributed by atoms with Gasteiger partial charge in [0.05, 0.1) is 0 Å². The van der Waals surface area contributed by atoms with Crippen LogP contribution in [0.15, 0.2) is 72.8 Å². The molecule has 0 aromatic heterocycles. The molecule has 20 heteroatoms. The van der Waals surface area contributed by atoms with E-state index in [2.05, 4.69) is 91.5 Å². The molecule has 4 atom stereocenters. The maximum atomic E-state index is 14.0. The largest absolute Gasteiger partial charge is 0.350 e. The molecule has 12 N–H and O–H groups in total. The van der Waals surface area contributed by atoms with Crippen molar-refractivity contribution in [3.05, 3.63) is 95.1 Å². The highest BCUT2D eigenvalue weighted by atomic mass is 16.2. The average molecular weight is 1100 g/mol. The second-order valence-electron chi connectivity index (χ2n) is 21.0. The van der Waals surface area contributed by atoms with Crippen LogP contribution in [0.4, 0.5) is 64.7 Å². The number of hydrogen-bond donors (Lipinski definition) is 12. The van der Waals surface area contributed by atoms with E-state index in [-0.39, 0.29) is 91.9 Å². The molecule has 432 valence electrons. The molecule has 0 aliphatic carbocycles. The Morgan fingerprint density at radius 3 is 0.613 bits per heavy atom. The van der Waals surface area contributed by atoms with Crippen LogP contribution >= 0.6 is 0 Å². The Balaban J connectivity index is 1.59. The molecule has 12 amide bonds. The van der Waals surface area contributed by atoms with Gasteiger partial charge in [0, 0.05) is 91.9 Å². The van der Waals surface area contributed by atoms with Gasteiger partial charge in [-0.1, -0.05) is 105 Å². The first kappa shape index (κ1) is 62.7. The number of urea groups is 4. The molecule has 8 bridgehead atoms. The molecule has 0 spiro atoms. The van der Waals surface area contributed by atoms with E-state index in [1.807, 2.05) is 27.7 Å². The molecule has 4 aromatic carbocycles. The number of carbonyl (C=O) groups is 8. The smallest absolute Gasteiger partial charge is 0.323 e. The van der Waals surface area contributed by atoms with Crippen molar-refractivity contribution in [2.45, 2.75) is 182 Å². The Labute approximate surface area is 471 Å². The average Bonchev–Trinajstić information content (AvgIpc) is 3.38. The third-order valence-electron chi connectivity index (χ3n) is 13.3. The number of anilines is 8. The standard InChI is InChI=1S/C60H84N12O8/c1-9-13-17-21-37(5)61-53(73)41-25-45-33-46(26-41)66-58(78)68-48-28-43(55(75)63-39(7)23-19-15-11-3)30-50(35-48)70-60(80)72-52-32-44(56(76)64-40(8)24-20-16-12-4)31-51(36-52)71-59(79)69-49-29-42(27-47(34-49)67-57(77)65-45)54(74)62-38(6)22-18-14-10-2/h25-40H,9-24H2,1-8H3,(H,61,73)(H,62,74)(H,63,75)(H,64,76)(H2,65,67,77)(H2,66,68,78)(H2,69,71,79)(H2,70,72,80)/t37-,38-,39-,40+/m1/s1. The molecule has 0 fully saturated rings. The quantitative estimate of drug-likeness (QED) is 0.0299. The first-order valence-corrected chi connectivity index (χ1v) is 28.5. The zero-order chi connectivity index (χ0) is 58.1. The lowest BCUT2D eigenvalue weighted by molar-refractivity contribution is 0.0929. The van der Waals surface area contributed by atoms with Crippen LogP contribution in [-0.4, -0.2) is 71.9 Å². The Morgan fingerprint density at radius 1 is 0.300 bits per heavy atom. The van der Waals surface area contributed by atoms with Crippen LogP contribution < -0.4 is 63.8 Å². The van der Waals surface area contributed by atoms with Gasteiger partial charge in [-0.2, -0.15) is 0 Å². The molecule has 1 heterocycles. The highest BCUT2D eigenvalue weighted by Gasteiger charge is 2.21. The fraction of sp³-hybridized carbons (Fsp3) is 0.467. The number of carbonyl (C=O) groups excluding carboxylic acids is 8. The van der Waals surface area contributed by atoms with E-state index in [1.54, 1.807) is 0 Å². The maximum absolute atomic E-state index is 14.0. The Hall–Kier alpha value is -8.16. The fourth-order valence-corrected chi connectivity index (χ4v) is 9.11. The van der Waals surface area contributed by atoms with E-state index >= 15 is 0 Å². The van der Waals surface area contributed by atoms with E-state index in [0.717, 1.165) is 103 Å². The van der Waals surface area contributed by atoms with Gasteiger partial charge < -0.3 is 63.8 Å². The van der Waals surface area contributed by atoms with E-state index in [0.29, 0.717) is 0 Å². The lowest BCUT2D eigenvalue weighted by Gasteiger charge is -2.18. The van der Waals surface area contributed by atoms with Crippen LogP contribution in [0.3, 0.4) is 0 Å². The van der Waals surface area contributed by atoms with E-state index < -0.39 is 47.8 Å². The lowest BCUT2D eigenvalue weighted by Crippen LogP contribution is -2.33. The van der Waals surface area contributed by atoms with Gasteiger partial charge in [-0.05, 0) is 126 Å². The molecule has 1 aliphatic rings. The summed E-state index contributed by atoms with van der Waals surface area (Å²) >= 11 is 0. The molecule has 0 radical (unpaired) electrons. The van der Waals surface area contributed by atoms with Gasteiger partial charge in [0.1, 0.15) is 0 Å². The van der Waals surface area contributed by atoms with Crippen molar-refractivity contribution in [1.82, 2.24) is 21.3 Å². The summed E-state index contributed by atoms with van der Waals surface area (Å²) in [5.41, 5.74) is 1.33. The zero-order valence-corrected chi connectivity index (χ0v) is 47.8. The summed E-state index contributed by atoms with van der Waals surface area (Å²) in [6, 6.07) is 13.5. The van der Waals surface area contributed by atoms with Crippen molar-refractivity contribution in [2.24, 2.45) is 0 Å². The second kappa shape index (κ2) is 32.0. The summed E-state index contributed by atoms with van der Waals surface area (Å²) < 4.78 is 0. The topological polar surface area (TPSA) is 281 Å². The van der Waals surface area contributed by atoms with Gasteiger partial charge in [0.25, 0.3) is 23.6 Å². The third kappa shape index (κ3) is 21.6. The van der Waals surface area contributed by atoms with E-state index in [4.69, 9.17) is 0 Å². The van der Waals surface area contributed by atoms with E-state index in [9.17, 15) is 38.4 Å². The van der Waals surface area contributed by atoms with Crippen molar-refractivity contribution in [1.29, 1.82) is 0 Å². The van der Waals surface area contributed by atoms with Gasteiger partial charge in [-0.25, -0.2) is 19.2 Å². The summed E-state index contributed by atoms with van der Waals surface area (Å²) in [5, 5.41) is 33.9. The van der Waals surface area contributed by atoms with Crippen molar-refractivity contribution in [3.63, 3.8) is 0 Å². The van der Waals surface area contributed by atoms with Crippen LogP contribution in [0.2, 0.25) is 0 Å². The van der Waals surface area contributed by atoms with Gasteiger partial charge in [-0.15, -0.1) is 0 Å². The first-order valence-electron chi connectivity index (χ1n) is 28.5. The number of hydrogen-bond acceptors (Lipinski definition) is 8. The molecule has 0 unspecified atom stereocenters. The maximum Gasteiger partial charge on any atom is 0.323 e. The molecule has 1 aliphatic heterocycles. The molecular weight excluding hydrogens is 1020 g/mol. The Kier molecular flexibility index (Phi) is 25.1. The molecule has 4 aromatic rings. The number of amides is 12. The van der Waals surface area contributed by atoms with Crippen LogP contribution in [0.1, 0.15) is 200 Å². The minimum Gasteiger partial charge on any atom is -0.350 e. The Bertz CT molecular complexity index is 2320. The fourth-order valence-electron chi connectivity index (χ4n) is 9.11.